The fraction of sp³-hybridized carbons (Fsp3) is 0.286. The maximum Gasteiger partial charge on any atom is 0.255 e. The first-order valence-corrected chi connectivity index (χ1v) is 6.14. The lowest BCUT2D eigenvalue weighted by atomic mass is 10.1. The van der Waals surface area contributed by atoms with E-state index < -0.39 is 0 Å². The highest BCUT2D eigenvalue weighted by molar-refractivity contribution is 6.04. The van der Waals surface area contributed by atoms with Crippen LogP contribution in [0.1, 0.15) is 27.9 Å². The maximum absolute atomic E-state index is 12.1. The van der Waals surface area contributed by atoms with Gasteiger partial charge < -0.3 is 5.32 Å². The monoisotopic (exact) mass is 241 g/mol. The number of amides is 1. The summed E-state index contributed by atoms with van der Waals surface area (Å²) < 4.78 is 1.66. The first-order chi connectivity index (χ1) is 8.72. The molecular weight excluding hydrogens is 226 g/mol. The Bertz CT molecular complexity index is 601. The van der Waals surface area contributed by atoms with Crippen LogP contribution in [0.3, 0.4) is 0 Å². The second-order valence-electron chi connectivity index (χ2n) is 4.69. The fourth-order valence-electron chi connectivity index (χ4n) is 2.40. The van der Waals surface area contributed by atoms with Crippen molar-refractivity contribution >= 4 is 11.6 Å². The molecule has 2 aromatic rings. The number of nitrogens with one attached hydrogen (secondary N) is 1. The quantitative estimate of drug-likeness (QED) is 0.875. The van der Waals surface area contributed by atoms with E-state index in [1.54, 1.807) is 17.1 Å². The van der Waals surface area contributed by atoms with Crippen LogP contribution in [0.4, 0.5) is 5.69 Å². The number of benzene rings is 1. The van der Waals surface area contributed by atoms with Crippen molar-refractivity contribution in [3.8, 4) is 0 Å². The van der Waals surface area contributed by atoms with Crippen molar-refractivity contribution in [3.63, 3.8) is 0 Å². The van der Waals surface area contributed by atoms with Gasteiger partial charge in [-0.3, -0.25) is 9.48 Å². The topological polar surface area (TPSA) is 46.9 Å². The number of nitrogens with zero attached hydrogens (tertiary/aromatic N) is 2. The Morgan fingerprint density at radius 2 is 2.17 bits per heavy atom. The van der Waals surface area contributed by atoms with Crippen molar-refractivity contribution in [1.82, 2.24) is 9.78 Å². The van der Waals surface area contributed by atoms with E-state index in [2.05, 4.69) is 16.5 Å². The van der Waals surface area contributed by atoms with E-state index in [-0.39, 0.29) is 5.91 Å². The average Bonchev–Trinajstić information content (AvgIpc) is 2.96. The van der Waals surface area contributed by atoms with Crippen molar-refractivity contribution in [1.29, 1.82) is 0 Å². The molecule has 18 heavy (non-hydrogen) atoms. The number of hydrogen-bond donors (Lipinski definition) is 1. The van der Waals surface area contributed by atoms with Gasteiger partial charge in [0.05, 0.1) is 11.9 Å². The molecule has 1 aromatic heterocycles. The van der Waals surface area contributed by atoms with E-state index >= 15 is 0 Å². The van der Waals surface area contributed by atoms with Crippen LogP contribution < -0.4 is 5.32 Å². The molecule has 0 radical (unpaired) electrons. The summed E-state index contributed by atoms with van der Waals surface area (Å²) in [6.45, 7) is 0. The predicted molar refractivity (Wildman–Crippen MR) is 69.6 cm³/mol. The van der Waals surface area contributed by atoms with E-state index in [9.17, 15) is 4.79 Å². The average molecular weight is 241 g/mol. The van der Waals surface area contributed by atoms with Gasteiger partial charge in [0, 0.05) is 18.8 Å². The Kier molecular flexibility index (Phi) is 2.63. The van der Waals surface area contributed by atoms with Crippen molar-refractivity contribution in [3.05, 3.63) is 47.3 Å². The molecule has 1 aromatic carbocycles. The second kappa shape index (κ2) is 4.29. The molecule has 4 nitrogen and oxygen atoms in total. The van der Waals surface area contributed by atoms with E-state index in [0.717, 1.165) is 24.1 Å². The predicted octanol–water partition coefficient (Wildman–Crippen LogP) is 2.16. The summed E-state index contributed by atoms with van der Waals surface area (Å²) in [7, 11) is 1.82. The second-order valence-corrected chi connectivity index (χ2v) is 4.69. The van der Waals surface area contributed by atoms with E-state index in [4.69, 9.17) is 0 Å². The summed E-state index contributed by atoms with van der Waals surface area (Å²) in [6.07, 6.45) is 6.85. The highest BCUT2D eigenvalue weighted by atomic mass is 16.1. The van der Waals surface area contributed by atoms with Crippen LogP contribution in [0.15, 0.2) is 30.6 Å². The third-order valence-electron chi connectivity index (χ3n) is 3.32. The van der Waals surface area contributed by atoms with Crippen LogP contribution in [-0.4, -0.2) is 15.7 Å². The van der Waals surface area contributed by atoms with Crippen molar-refractivity contribution in [2.75, 3.05) is 5.32 Å². The molecule has 1 aliphatic carbocycles. The van der Waals surface area contributed by atoms with Gasteiger partial charge in [-0.15, -0.1) is 0 Å². The number of anilines is 1. The summed E-state index contributed by atoms with van der Waals surface area (Å²) in [5, 5.41) is 6.87. The minimum atomic E-state index is -0.0716. The smallest absolute Gasteiger partial charge is 0.255 e. The molecule has 0 saturated carbocycles. The Morgan fingerprint density at radius 1 is 1.33 bits per heavy atom. The van der Waals surface area contributed by atoms with Crippen LogP contribution >= 0.6 is 0 Å². The van der Waals surface area contributed by atoms with Gasteiger partial charge >= 0.3 is 0 Å². The number of carbonyl (C=O) groups is 1. The van der Waals surface area contributed by atoms with Crippen LogP contribution in [0.25, 0.3) is 0 Å². The molecule has 1 N–H and O–H groups in total. The Hall–Kier alpha value is -2.10. The van der Waals surface area contributed by atoms with Gasteiger partial charge in [0.1, 0.15) is 0 Å². The Labute approximate surface area is 106 Å². The maximum atomic E-state index is 12.1. The van der Waals surface area contributed by atoms with Gasteiger partial charge in [-0.1, -0.05) is 6.07 Å². The van der Waals surface area contributed by atoms with Crippen LogP contribution in [0.2, 0.25) is 0 Å². The molecule has 0 aliphatic heterocycles. The normalized spacial score (nSPS) is 13.4. The molecule has 0 bridgehead atoms. The number of fused-ring (bicyclic) bond motifs is 1. The lowest BCUT2D eigenvalue weighted by Crippen LogP contribution is -2.11. The summed E-state index contributed by atoms with van der Waals surface area (Å²) in [4.78, 5) is 12.1. The number of hydrogen-bond acceptors (Lipinski definition) is 2. The molecular formula is C14H15N3O. The standard InChI is InChI=1S/C14H15N3O/c1-17-9-13(8-15-17)16-14(18)12-6-5-10-3-2-4-11(10)7-12/h5-9H,2-4H2,1H3,(H,16,18). The van der Waals surface area contributed by atoms with E-state index in [0.29, 0.717) is 0 Å². The lowest BCUT2D eigenvalue weighted by molar-refractivity contribution is 0.102. The summed E-state index contributed by atoms with van der Waals surface area (Å²) in [6, 6.07) is 5.98. The molecule has 1 heterocycles. The van der Waals surface area contributed by atoms with Gasteiger partial charge in [-0.2, -0.15) is 5.10 Å². The SMILES string of the molecule is Cn1cc(NC(=O)c2ccc3c(c2)CCC3)cn1. The molecule has 4 heteroatoms. The lowest BCUT2D eigenvalue weighted by Gasteiger charge is -2.05. The molecule has 0 saturated heterocycles. The van der Waals surface area contributed by atoms with Crippen molar-refractivity contribution in [2.24, 2.45) is 7.05 Å². The summed E-state index contributed by atoms with van der Waals surface area (Å²) in [5.74, 6) is -0.0716. The molecule has 0 fully saturated rings. The number of aromatic nitrogens is 2. The first kappa shape index (κ1) is 11.0. The van der Waals surface area contributed by atoms with Gasteiger partial charge in [0.2, 0.25) is 0 Å². The van der Waals surface area contributed by atoms with E-state index in [1.165, 1.54) is 17.5 Å². The zero-order valence-corrected chi connectivity index (χ0v) is 10.3. The largest absolute Gasteiger partial charge is 0.319 e. The molecule has 92 valence electrons. The third-order valence-corrected chi connectivity index (χ3v) is 3.32. The molecule has 0 atom stereocenters. The summed E-state index contributed by atoms with van der Waals surface area (Å²) >= 11 is 0. The van der Waals surface area contributed by atoms with E-state index in [1.807, 2.05) is 19.2 Å². The van der Waals surface area contributed by atoms with Gasteiger partial charge in [-0.05, 0) is 42.5 Å². The Balaban J connectivity index is 1.80. The minimum Gasteiger partial charge on any atom is -0.319 e. The van der Waals surface area contributed by atoms with Gasteiger partial charge in [0.15, 0.2) is 0 Å². The Morgan fingerprint density at radius 3 is 2.94 bits per heavy atom. The highest BCUT2D eigenvalue weighted by Crippen LogP contribution is 2.23. The van der Waals surface area contributed by atoms with Crippen LogP contribution in [0.5, 0.6) is 0 Å². The zero-order valence-electron chi connectivity index (χ0n) is 10.3. The zero-order chi connectivity index (χ0) is 12.5. The number of rotatable bonds is 2. The summed E-state index contributed by atoms with van der Waals surface area (Å²) in [5.41, 5.74) is 4.14. The third kappa shape index (κ3) is 2.01. The molecule has 1 amide bonds. The van der Waals surface area contributed by atoms with Gasteiger partial charge in [0.25, 0.3) is 5.91 Å². The molecule has 0 unspecified atom stereocenters. The van der Waals surface area contributed by atoms with Crippen LogP contribution in [-0.2, 0) is 19.9 Å². The number of aryl methyl sites for hydroxylation is 3. The molecule has 1 aliphatic rings. The first-order valence-electron chi connectivity index (χ1n) is 6.14. The molecule has 0 spiro atoms. The van der Waals surface area contributed by atoms with Gasteiger partial charge in [-0.25, -0.2) is 0 Å². The van der Waals surface area contributed by atoms with Crippen molar-refractivity contribution in [2.45, 2.75) is 19.3 Å². The van der Waals surface area contributed by atoms with Crippen molar-refractivity contribution < 1.29 is 4.79 Å². The minimum absolute atomic E-state index is 0.0716. The molecule has 3 rings (SSSR count). The highest BCUT2D eigenvalue weighted by Gasteiger charge is 2.14. The number of carbonyl (C=O) groups excluding carboxylic acids is 1. The fourth-order valence-corrected chi connectivity index (χ4v) is 2.40. The van der Waals surface area contributed by atoms with Crippen LogP contribution in [0, 0.1) is 0 Å².